The first kappa shape index (κ1) is 15.9. The van der Waals surface area contributed by atoms with Gasteiger partial charge in [-0.1, -0.05) is 23.9 Å². The standard InChI is InChI=1S/C18H12N2O3S2/c1-24-18-20-12-7-6-10(8-16(12)25-18)19-17(22)15-9-13(21)11-4-2-3-5-14(11)23-15/h2-9H,1H3,(H,19,22). The SMILES string of the molecule is CSc1nc2ccc(NC(=O)c3cc(=O)c4ccccc4o3)cc2s1. The van der Waals surface area contributed by atoms with Crippen LogP contribution < -0.4 is 10.7 Å². The monoisotopic (exact) mass is 368 g/mol. The number of anilines is 1. The van der Waals surface area contributed by atoms with Gasteiger partial charge in [0.25, 0.3) is 5.91 Å². The molecule has 25 heavy (non-hydrogen) atoms. The van der Waals surface area contributed by atoms with Crippen LogP contribution in [0.25, 0.3) is 21.2 Å². The van der Waals surface area contributed by atoms with Crippen LogP contribution in [-0.2, 0) is 0 Å². The number of rotatable bonds is 3. The summed E-state index contributed by atoms with van der Waals surface area (Å²) in [4.78, 5) is 29.0. The van der Waals surface area contributed by atoms with Crippen molar-refractivity contribution < 1.29 is 9.21 Å². The molecule has 2 aromatic carbocycles. The molecule has 5 nitrogen and oxygen atoms in total. The third kappa shape index (κ3) is 3.04. The Morgan fingerprint density at radius 2 is 2.04 bits per heavy atom. The van der Waals surface area contributed by atoms with Gasteiger partial charge in [-0.3, -0.25) is 9.59 Å². The highest BCUT2D eigenvalue weighted by molar-refractivity contribution is 8.00. The summed E-state index contributed by atoms with van der Waals surface area (Å²) in [5, 5.41) is 3.22. The van der Waals surface area contributed by atoms with Crippen molar-refractivity contribution in [3.05, 3.63) is 64.5 Å². The fraction of sp³-hybridized carbons (Fsp3) is 0.0556. The van der Waals surface area contributed by atoms with Crippen molar-refractivity contribution in [1.29, 1.82) is 0 Å². The summed E-state index contributed by atoms with van der Waals surface area (Å²) in [5.74, 6) is -0.477. The van der Waals surface area contributed by atoms with Crippen LogP contribution in [0, 0.1) is 0 Å². The molecule has 7 heteroatoms. The largest absolute Gasteiger partial charge is 0.451 e. The van der Waals surface area contributed by atoms with E-state index in [9.17, 15) is 9.59 Å². The number of fused-ring (bicyclic) bond motifs is 2. The fourth-order valence-corrected chi connectivity index (χ4v) is 4.01. The second-order valence-corrected chi connectivity index (χ2v) is 7.38. The first-order chi connectivity index (χ1) is 12.1. The number of aromatic nitrogens is 1. The van der Waals surface area contributed by atoms with Gasteiger partial charge in [0, 0.05) is 11.8 Å². The Bertz CT molecular complexity index is 1160. The number of thiazole rings is 1. The summed E-state index contributed by atoms with van der Waals surface area (Å²) in [7, 11) is 0. The zero-order chi connectivity index (χ0) is 17.4. The number of carbonyl (C=O) groups is 1. The second-order valence-electron chi connectivity index (χ2n) is 5.29. The lowest BCUT2D eigenvalue weighted by Gasteiger charge is -2.05. The molecule has 0 spiro atoms. The van der Waals surface area contributed by atoms with Gasteiger partial charge >= 0.3 is 0 Å². The molecule has 0 saturated carbocycles. The Morgan fingerprint density at radius 1 is 1.20 bits per heavy atom. The third-order valence-corrected chi connectivity index (χ3v) is 5.66. The molecule has 0 aliphatic carbocycles. The Kier molecular flexibility index (Phi) is 4.03. The summed E-state index contributed by atoms with van der Waals surface area (Å²) in [5.41, 5.74) is 1.67. The lowest BCUT2D eigenvalue weighted by molar-refractivity contribution is 0.0997. The Balaban J connectivity index is 1.66. The molecular weight excluding hydrogens is 356 g/mol. The van der Waals surface area contributed by atoms with Crippen LogP contribution in [0.3, 0.4) is 0 Å². The van der Waals surface area contributed by atoms with Gasteiger partial charge in [0.05, 0.1) is 15.6 Å². The molecule has 2 aromatic heterocycles. The maximum absolute atomic E-state index is 12.4. The number of nitrogens with zero attached hydrogens (tertiary/aromatic N) is 1. The minimum Gasteiger partial charge on any atom is -0.451 e. The summed E-state index contributed by atoms with van der Waals surface area (Å²) < 4.78 is 7.52. The third-order valence-electron chi connectivity index (χ3n) is 3.66. The van der Waals surface area contributed by atoms with Gasteiger partial charge in [0.15, 0.2) is 15.5 Å². The van der Waals surface area contributed by atoms with Gasteiger partial charge in [0.2, 0.25) is 0 Å². The number of benzene rings is 2. The molecule has 4 aromatic rings. The topological polar surface area (TPSA) is 72.2 Å². The summed E-state index contributed by atoms with van der Waals surface area (Å²) in [6, 6.07) is 13.6. The number of amides is 1. The number of thioether (sulfide) groups is 1. The molecule has 0 unspecified atom stereocenters. The quantitative estimate of drug-likeness (QED) is 0.544. The normalized spacial score (nSPS) is 11.1. The highest BCUT2D eigenvalue weighted by Crippen LogP contribution is 2.30. The maximum Gasteiger partial charge on any atom is 0.291 e. The highest BCUT2D eigenvalue weighted by atomic mass is 32.2. The van der Waals surface area contributed by atoms with E-state index in [0.29, 0.717) is 16.7 Å². The summed E-state index contributed by atoms with van der Waals surface area (Å²) in [6.45, 7) is 0. The van der Waals surface area contributed by atoms with E-state index in [1.807, 2.05) is 18.4 Å². The van der Waals surface area contributed by atoms with Crippen LogP contribution in [0.15, 0.2) is 62.1 Å². The van der Waals surface area contributed by atoms with Crippen LogP contribution in [0.4, 0.5) is 5.69 Å². The van der Waals surface area contributed by atoms with Crippen LogP contribution >= 0.6 is 23.1 Å². The Hall–Kier alpha value is -2.64. The second kappa shape index (κ2) is 6.34. The van der Waals surface area contributed by atoms with Gasteiger partial charge in [-0.15, -0.1) is 11.3 Å². The minimum atomic E-state index is -0.461. The van der Waals surface area contributed by atoms with Crippen molar-refractivity contribution in [2.45, 2.75) is 4.34 Å². The first-order valence-electron chi connectivity index (χ1n) is 7.43. The maximum atomic E-state index is 12.4. The predicted octanol–water partition coefficient (Wildman–Crippen LogP) is 4.38. The molecule has 1 amide bonds. The smallest absolute Gasteiger partial charge is 0.291 e. The molecule has 0 aliphatic rings. The minimum absolute atomic E-state index is 0.0158. The molecule has 0 fully saturated rings. The number of hydrogen-bond acceptors (Lipinski definition) is 6. The van der Waals surface area contributed by atoms with Gasteiger partial charge < -0.3 is 9.73 Å². The average Bonchev–Trinajstić information content (AvgIpc) is 3.04. The fourth-order valence-electron chi connectivity index (χ4n) is 2.48. The Labute approximate surface area is 150 Å². The van der Waals surface area contributed by atoms with Crippen LogP contribution in [0.5, 0.6) is 0 Å². The van der Waals surface area contributed by atoms with E-state index in [2.05, 4.69) is 10.3 Å². The van der Waals surface area contributed by atoms with Gasteiger partial charge in [0.1, 0.15) is 5.58 Å². The van der Waals surface area contributed by atoms with Crippen molar-refractivity contribution >= 4 is 55.9 Å². The van der Waals surface area contributed by atoms with E-state index in [-0.39, 0.29) is 11.2 Å². The van der Waals surface area contributed by atoms with Gasteiger partial charge in [-0.25, -0.2) is 4.98 Å². The van der Waals surface area contributed by atoms with Crippen LogP contribution in [-0.4, -0.2) is 17.1 Å². The highest BCUT2D eigenvalue weighted by Gasteiger charge is 2.13. The van der Waals surface area contributed by atoms with E-state index in [1.165, 1.54) is 6.07 Å². The number of hydrogen-bond donors (Lipinski definition) is 1. The molecule has 0 atom stereocenters. The molecule has 0 saturated heterocycles. The van der Waals surface area contributed by atoms with E-state index >= 15 is 0 Å². The van der Waals surface area contributed by atoms with Crippen molar-refractivity contribution in [3.8, 4) is 0 Å². The average molecular weight is 368 g/mol. The zero-order valence-corrected chi connectivity index (χ0v) is 14.7. The Morgan fingerprint density at radius 3 is 2.88 bits per heavy atom. The van der Waals surface area contributed by atoms with Crippen LogP contribution in [0.2, 0.25) is 0 Å². The molecule has 124 valence electrons. The zero-order valence-electron chi connectivity index (χ0n) is 13.1. The van der Waals surface area contributed by atoms with Crippen molar-refractivity contribution in [2.75, 3.05) is 11.6 Å². The van der Waals surface area contributed by atoms with Crippen molar-refractivity contribution in [3.63, 3.8) is 0 Å². The van der Waals surface area contributed by atoms with Crippen LogP contribution in [0.1, 0.15) is 10.6 Å². The molecule has 4 rings (SSSR count). The first-order valence-corrected chi connectivity index (χ1v) is 9.47. The van der Waals surface area contributed by atoms with E-state index in [4.69, 9.17) is 4.42 Å². The molecular formula is C18H12N2O3S2. The van der Waals surface area contributed by atoms with E-state index < -0.39 is 5.91 Å². The number of para-hydroxylation sites is 1. The summed E-state index contributed by atoms with van der Waals surface area (Å²) >= 11 is 3.15. The van der Waals surface area contributed by atoms with E-state index in [1.54, 1.807) is 53.4 Å². The van der Waals surface area contributed by atoms with E-state index in [0.717, 1.165) is 14.6 Å². The number of nitrogens with one attached hydrogen (secondary N) is 1. The predicted molar refractivity (Wildman–Crippen MR) is 102 cm³/mol. The lowest BCUT2D eigenvalue weighted by Crippen LogP contribution is -2.14. The van der Waals surface area contributed by atoms with Gasteiger partial charge in [-0.05, 0) is 36.6 Å². The molecule has 1 N–H and O–H groups in total. The molecule has 0 radical (unpaired) electrons. The van der Waals surface area contributed by atoms with Crippen molar-refractivity contribution in [2.24, 2.45) is 0 Å². The number of carbonyl (C=O) groups excluding carboxylic acids is 1. The summed E-state index contributed by atoms with van der Waals surface area (Å²) in [6.07, 6.45) is 1.97. The lowest BCUT2D eigenvalue weighted by atomic mass is 10.2. The molecule has 0 bridgehead atoms. The molecule has 2 heterocycles. The van der Waals surface area contributed by atoms with Crippen molar-refractivity contribution in [1.82, 2.24) is 4.98 Å². The molecule has 0 aliphatic heterocycles. The van der Waals surface area contributed by atoms with Gasteiger partial charge in [-0.2, -0.15) is 0 Å².